The van der Waals surface area contributed by atoms with Crippen molar-refractivity contribution in [1.29, 1.82) is 0 Å². The summed E-state index contributed by atoms with van der Waals surface area (Å²) in [6.07, 6.45) is 1.06. The lowest BCUT2D eigenvalue weighted by Gasteiger charge is -2.33. The van der Waals surface area contributed by atoms with Gasteiger partial charge in [-0.15, -0.1) is 0 Å². The smallest absolute Gasteiger partial charge is 0.331 e. The van der Waals surface area contributed by atoms with Crippen molar-refractivity contribution in [2.45, 2.75) is 46.1 Å². The predicted molar refractivity (Wildman–Crippen MR) is 151 cm³/mol. The number of benzene rings is 2. The zero-order valence-corrected chi connectivity index (χ0v) is 23.4. The third-order valence-electron chi connectivity index (χ3n) is 7.13. The van der Waals surface area contributed by atoms with Crippen molar-refractivity contribution in [1.82, 2.24) is 14.0 Å². The van der Waals surface area contributed by atoms with Crippen molar-refractivity contribution in [3.63, 3.8) is 0 Å². The highest BCUT2D eigenvalue weighted by molar-refractivity contribution is 6.04. The molecule has 214 valence electrons. The summed E-state index contributed by atoms with van der Waals surface area (Å²) in [7, 11) is 1.66. The summed E-state index contributed by atoms with van der Waals surface area (Å²) in [4.78, 5) is 54.2. The molecule has 2 heterocycles. The number of aliphatic hydroxyl groups is 1. The first-order chi connectivity index (χ1) is 19.2. The van der Waals surface area contributed by atoms with Crippen molar-refractivity contribution in [2.24, 2.45) is 7.05 Å². The van der Waals surface area contributed by atoms with Crippen molar-refractivity contribution in [2.75, 3.05) is 38.2 Å². The van der Waals surface area contributed by atoms with E-state index in [1.54, 1.807) is 44.0 Å². The largest absolute Gasteiger partial charge is 0.490 e. The van der Waals surface area contributed by atoms with Crippen LogP contribution in [0.4, 0.5) is 5.69 Å². The molecule has 1 aliphatic heterocycles. The summed E-state index contributed by atoms with van der Waals surface area (Å²) >= 11 is 0. The molecule has 11 nitrogen and oxygen atoms in total. The van der Waals surface area contributed by atoms with Crippen molar-refractivity contribution in [3.05, 3.63) is 62.3 Å². The lowest BCUT2D eigenvalue weighted by atomic mass is 10.0. The Morgan fingerprint density at radius 3 is 2.40 bits per heavy atom. The van der Waals surface area contributed by atoms with E-state index in [-0.39, 0.29) is 60.0 Å². The highest BCUT2D eigenvalue weighted by Gasteiger charge is 2.29. The maximum absolute atomic E-state index is 13.7. The number of carbonyl (C=O) groups is 2. The van der Waals surface area contributed by atoms with E-state index < -0.39 is 0 Å². The Balaban J connectivity index is 1.63. The number of nitrogens with zero attached hydrogens (tertiary/aromatic N) is 3. The maximum atomic E-state index is 13.7. The molecule has 1 saturated heterocycles. The van der Waals surface area contributed by atoms with Gasteiger partial charge in [-0.1, -0.05) is 18.6 Å². The van der Waals surface area contributed by atoms with Gasteiger partial charge in [-0.25, -0.2) is 4.79 Å². The van der Waals surface area contributed by atoms with Gasteiger partial charge in [-0.2, -0.15) is 0 Å². The Labute approximate surface area is 231 Å². The number of hydrogen-bond acceptors (Lipinski definition) is 7. The third-order valence-corrected chi connectivity index (χ3v) is 7.13. The second-order valence-corrected chi connectivity index (χ2v) is 9.81. The minimum Gasteiger partial charge on any atom is -0.490 e. The fourth-order valence-electron chi connectivity index (χ4n) is 5.03. The average molecular weight is 553 g/mol. The molecule has 4 rings (SSSR count). The second-order valence-electron chi connectivity index (χ2n) is 9.81. The molecule has 0 radical (unpaired) electrons. The average Bonchev–Trinajstić information content (AvgIpc) is 2.95. The number of aliphatic hydroxyl groups excluding tert-OH is 1. The molecular weight excluding hydrogens is 516 g/mol. The number of ether oxygens (including phenoxy) is 2. The topological polar surface area (TPSA) is 132 Å². The molecule has 3 aromatic rings. The van der Waals surface area contributed by atoms with Crippen LogP contribution in [-0.2, 0) is 11.8 Å². The summed E-state index contributed by atoms with van der Waals surface area (Å²) in [5, 5.41) is 12.5. The number of anilines is 1. The Morgan fingerprint density at radius 2 is 1.75 bits per heavy atom. The number of hydrogen-bond donors (Lipinski definition) is 2. The number of nitrogens with one attached hydrogen (secondary N) is 1. The van der Waals surface area contributed by atoms with Gasteiger partial charge in [0.15, 0.2) is 11.5 Å². The van der Waals surface area contributed by atoms with E-state index in [1.165, 1.54) is 15.2 Å². The molecule has 2 amide bonds. The summed E-state index contributed by atoms with van der Waals surface area (Å²) in [6.45, 7) is 6.19. The van der Waals surface area contributed by atoms with E-state index in [2.05, 4.69) is 5.32 Å². The molecule has 0 spiro atoms. The zero-order chi connectivity index (χ0) is 29.0. The maximum Gasteiger partial charge on any atom is 0.331 e. The number of piperidine rings is 1. The number of fused-ring (bicyclic) bond motifs is 1. The molecule has 1 fully saturated rings. The van der Waals surface area contributed by atoms with Gasteiger partial charge < -0.3 is 24.8 Å². The molecule has 11 heteroatoms. The van der Waals surface area contributed by atoms with Gasteiger partial charge in [0.25, 0.3) is 11.5 Å². The fourth-order valence-corrected chi connectivity index (χ4v) is 5.03. The fraction of sp³-hybridized carbons (Fsp3) is 0.448. The number of amides is 2. The van der Waals surface area contributed by atoms with Gasteiger partial charge in [0.05, 0.1) is 35.4 Å². The van der Waals surface area contributed by atoms with Crippen LogP contribution in [0.5, 0.6) is 11.5 Å². The summed E-state index contributed by atoms with van der Waals surface area (Å²) < 4.78 is 14.1. The highest BCUT2D eigenvalue weighted by atomic mass is 16.5. The van der Waals surface area contributed by atoms with Crippen LogP contribution in [0.3, 0.4) is 0 Å². The van der Waals surface area contributed by atoms with Gasteiger partial charge in [0.1, 0.15) is 6.61 Å². The first-order valence-electron chi connectivity index (χ1n) is 13.6. The number of aromatic nitrogens is 2. The molecule has 1 aromatic heterocycles. The van der Waals surface area contributed by atoms with E-state index in [0.717, 1.165) is 5.56 Å². The van der Waals surface area contributed by atoms with Crippen molar-refractivity contribution >= 4 is 28.4 Å². The monoisotopic (exact) mass is 552 g/mol. The predicted octanol–water partition coefficient (Wildman–Crippen LogP) is 2.60. The third kappa shape index (κ3) is 5.74. The number of carbonyl (C=O) groups excluding carboxylic acids is 2. The van der Waals surface area contributed by atoms with Crippen LogP contribution in [0.15, 0.2) is 39.9 Å². The molecule has 0 bridgehead atoms. The molecule has 0 saturated carbocycles. The Kier molecular flexibility index (Phi) is 8.93. The van der Waals surface area contributed by atoms with Crippen LogP contribution in [0.25, 0.3) is 10.9 Å². The second kappa shape index (κ2) is 12.4. The van der Waals surface area contributed by atoms with Gasteiger partial charge in [-0.05, 0) is 44.9 Å². The molecule has 2 aromatic carbocycles. The number of likely N-dealkylation sites (tertiary alicyclic amines) is 1. The number of rotatable bonds is 9. The van der Waals surface area contributed by atoms with Gasteiger partial charge in [0, 0.05) is 38.7 Å². The molecule has 0 atom stereocenters. The molecule has 1 aliphatic rings. The lowest BCUT2D eigenvalue weighted by Crippen LogP contribution is -2.46. The quantitative estimate of drug-likeness (QED) is 0.417. The molecule has 0 unspecified atom stereocenters. The zero-order valence-electron chi connectivity index (χ0n) is 23.4. The minimum atomic E-state index is -0.379. The van der Waals surface area contributed by atoms with Crippen molar-refractivity contribution < 1.29 is 24.2 Å². The first kappa shape index (κ1) is 28.9. The van der Waals surface area contributed by atoms with E-state index in [4.69, 9.17) is 9.47 Å². The summed E-state index contributed by atoms with van der Waals surface area (Å²) in [6, 6.07) is 8.17. The van der Waals surface area contributed by atoms with Gasteiger partial charge in [-0.3, -0.25) is 23.5 Å². The molecular formula is C29H36N4O7. The normalized spacial score (nSPS) is 13.9. The van der Waals surface area contributed by atoms with Gasteiger partial charge >= 0.3 is 5.69 Å². The van der Waals surface area contributed by atoms with Crippen LogP contribution in [0.2, 0.25) is 0 Å². The van der Waals surface area contributed by atoms with Crippen LogP contribution >= 0.6 is 0 Å². The van der Waals surface area contributed by atoms with E-state index >= 15 is 0 Å². The lowest BCUT2D eigenvalue weighted by molar-refractivity contribution is -0.115. The number of aryl methyl sites for hydroxylation is 2. The van der Waals surface area contributed by atoms with Crippen LogP contribution in [0.1, 0.15) is 55.1 Å². The van der Waals surface area contributed by atoms with E-state index in [1.807, 2.05) is 13.0 Å². The van der Waals surface area contributed by atoms with Crippen LogP contribution < -0.4 is 26.0 Å². The molecule has 0 aliphatic carbocycles. The van der Waals surface area contributed by atoms with E-state index in [9.17, 15) is 24.3 Å². The van der Waals surface area contributed by atoms with Crippen molar-refractivity contribution in [3.8, 4) is 11.5 Å². The summed E-state index contributed by atoms with van der Waals surface area (Å²) in [5.74, 6) is 0.0465. The van der Waals surface area contributed by atoms with Crippen LogP contribution in [-0.4, -0.2) is 63.9 Å². The Bertz CT molecular complexity index is 1530. The standard InChI is InChI=1S/C29H36N4O7/c1-5-26(35)30-22-17-25(40-14-13-34)24(39-6-2)16-20(22)27(36)32-11-9-19(10-12-32)33-28(37)21-15-18(3)7-8-23(21)31(4)29(33)38/h7-8,15-17,19,34H,5-6,9-14H2,1-4H3,(H,30,35). The summed E-state index contributed by atoms with van der Waals surface area (Å²) in [5.41, 5.74) is 1.34. The van der Waals surface area contributed by atoms with E-state index in [0.29, 0.717) is 54.9 Å². The highest BCUT2D eigenvalue weighted by Crippen LogP contribution is 2.35. The SMILES string of the molecule is CCOc1cc(C(=O)N2CCC(n3c(=O)c4cc(C)ccc4n(C)c3=O)CC2)c(NC(=O)CC)cc1OCCO. The first-order valence-corrected chi connectivity index (χ1v) is 13.6. The Hall–Kier alpha value is -4.12. The van der Waals surface area contributed by atoms with Gasteiger partial charge in [0.2, 0.25) is 5.91 Å². The molecule has 2 N–H and O–H groups in total. The minimum absolute atomic E-state index is 0.0230. The van der Waals surface area contributed by atoms with Crippen LogP contribution in [0, 0.1) is 6.92 Å². The Morgan fingerprint density at radius 1 is 1.05 bits per heavy atom. The molecule has 40 heavy (non-hydrogen) atoms.